The summed E-state index contributed by atoms with van der Waals surface area (Å²) in [7, 11) is -4.27. The van der Waals surface area contributed by atoms with Crippen LogP contribution in [0.3, 0.4) is 0 Å². The lowest BCUT2D eigenvalue weighted by Crippen LogP contribution is -2.38. The predicted octanol–water partition coefficient (Wildman–Crippen LogP) is -0.328. The van der Waals surface area contributed by atoms with Gasteiger partial charge in [0.1, 0.15) is 10.1 Å². The van der Waals surface area contributed by atoms with Crippen LogP contribution in [0.25, 0.3) is 0 Å². The molecule has 0 aliphatic carbocycles. The first-order chi connectivity index (χ1) is 13.9. The van der Waals surface area contributed by atoms with Gasteiger partial charge < -0.3 is 14.8 Å². The number of aliphatic carboxylic acids is 2. The van der Waals surface area contributed by atoms with E-state index in [0.717, 1.165) is 22.6 Å². The minimum atomic E-state index is -4.27. The molecular weight excluding hydrogens is 420 g/mol. The number of hydrogen-bond acceptors (Lipinski definition) is 8. The van der Waals surface area contributed by atoms with Crippen molar-refractivity contribution in [3.05, 3.63) is 42.0 Å². The minimum absolute atomic E-state index is 0.139. The second kappa shape index (κ2) is 11.2. The standard InChI is InChI=1S/C11H14N2O6.C7H8O3S/c14-8-2-3-9(15)13(8)5-1-4-12(6-10(16)17)7-11(18)19;1-6-2-4-7(5-3-6)11(8,9)10/h2-3H,1,4-7H2,(H,16,17)(H,18,19);2-5H,1H3,(H,8,9,10)/p-1. The van der Waals surface area contributed by atoms with Crippen molar-refractivity contribution in [1.82, 2.24) is 9.80 Å². The molecule has 1 aliphatic heterocycles. The molecule has 1 aromatic carbocycles. The van der Waals surface area contributed by atoms with Crippen molar-refractivity contribution in [2.45, 2.75) is 18.2 Å². The number of nitrogens with zero attached hydrogens (tertiary/aromatic N) is 2. The van der Waals surface area contributed by atoms with Gasteiger partial charge in [0.15, 0.2) is 0 Å². The Morgan fingerprint density at radius 1 is 1.00 bits per heavy atom. The summed E-state index contributed by atoms with van der Waals surface area (Å²) >= 11 is 0. The lowest BCUT2D eigenvalue weighted by atomic mass is 10.2. The molecule has 1 aliphatic rings. The number of imide groups is 1. The van der Waals surface area contributed by atoms with Crippen LogP contribution in [0.1, 0.15) is 12.0 Å². The number of amides is 2. The van der Waals surface area contributed by atoms with Crippen LogP contribution in [0.2, 0.25) is 0 Å². The first kappa shape index (κ1) is 24.9. The molecule has 12 heteroatoms. The van der Waals surface area contributed by atoms with E-state index in [4.69, 9.17) is 10.2 Å². The molecule has 1 aromatic rings. The molecule has 0 atom stereocenters. The van der Waals surface area contributed by atoms with Gasteiger partial charge in [0.2, 0.25) is 0 Å². The molecule has 11 nitrogen and oxygen atoms in total. The van der Waals surface area contributed by atoms with Crippen molar-refractivity contribution in [2.24, 2.45) is 0 Å². The van der Waals surface area contributed by atoms with Crippen molar-refractivity contribution < 1.29 is 42.4 Å². The Labute approximate surface area is 173 Å². The molecule has 0 aromatic heterocycles. The Morgan fingerprint density at radius 2 is 1.47 bits per heavy atom. The van der Waals surface area contributed by atoms with E-state index in [9.17, 15) is 32.1 Å². The smallest absolute Gasteiger partial charge is 0.317 e. The lowest BCUT2D eigenvalue weighted by molar-refractivity contribution is -0.143. The lowest BCUT2D eigenvalue weighted by Gasteiger charge is -2.19. The largest absolute Gasteiger partial charge is 0.744 e. The zero-order valence-electron chi connectivity index (χ0n) is 16.1. The molecule has 164 valence electrons. The van der Waals surface area contributed by atoms with Gasteiger partial charge in [-0.1, -0.05) is 17.7 Å². The molecule has 2 N–H and O–H groups in total. The molecule has 0 saturated carbocycles. The van der Waals surface area contributed by atoms with E-state index >= 15 is 0 Å². The number of hydrogen-bond donors (Lipinski definition) is 2. The Hall–Kier alpha value is -3.09. The van der Waals surface area contributed by atoms with Crippen LogP contribution in [-0.2, 0) is 29.3 Å². The van der Waals surface area contributed by atoms with Crippen LogP contribution in [0.5, 0.6) is 0 Å². The van der Waals surface area contributed by atoms with Crippen molar-refractivity contribution in [3.63, 3.8) is 0 Å². The average Bonchev–Trinajstić information content (AvgIpc) is 2.92. The summed E-state index contributed by atoms with van der Waals surface area (Å²) in [5.41, 5.74) is 0.928. The van der Waals surface area contributed by atoms with Crippen LogP contribution in [0.15, 0.2) is 41.3 Å². The monoisotopic (exact) mass is 441 g/mol. The molecular formula is C18H21N2O9S-. The minimum Gasteiger partial charge on any atom is -0.744 e. The fourth-order valence-electron chi connectivity index (χ4n) is 2.41. The summed E-state index contributed by atoms with van der Waals surface area (Å²) in [6.45, 7) is 1.34. The van der Waals surface area contributed by atoms with Gasteiger partial charge in [-0.25, -0.2) is 8.42 Å². The van der Waals surface area contributed by atoms with E-state index in [0.29, 0.717) is 6.42 Å². The topological polar surface area (TPSA) is 172 Å². The van der Waals surface area contributed by atoms with Crippen LogP contribution >= 0.6 is 0 Å². The van der Waals surface area contributed by atoms with Gasteiger partial charge in [0, 0.05) is 25.2 Å². The molecule has 30 heavy (non-hydrogen) atoms. The molecule has 0 fully saturated rings. The molecule has 1 heterocycles. The second-order valence-corrected chi connectivity index (χ2v) is 7.66. The van der Waals surface area contributed by atoms with Gasteiger partial charge in [-0.3, -0.25) is 29.0 Å². The number of aryl methyl sites for hydroxylation is 1. The van der Waals surface area contributed by atoms with Gasteiger partial charge in [-0.2, -0.15) is 0 Å². The first-order valence-electron chi connectivity index (χ1n) is 8.62. The summed E-state index contributed by atoms with van der Waals surface area (Å²) in [5, 5.41) is 17.3. The maximum Gasteiger partial charge on any atom is 0.317 e. The third-order valence-electron chi connectivity index (χ3n) is 3.78. The Bertz CT molecular complexity index is 889. The highest BCUT2D eigenvalue weighted by Crippen LogP contribution is 2.08. The molecule has 0 saturated heterocycles. The van der Waals surface area contributed by atoms with E-state index in [1.165, 1.54) is 17.0 Å². The number of carboxylic acids is 2. The fourth-order valence-corrected chi connectivity index (χ4v) is 2.87. The van der Waals surface area contributed by atoms with Gasteiger partial charge in [-0.05, 0) is 25.5 Å². The highest BCUT2D eigenvalue weighted by molar-refractivity contribution is 7.85. The van der Waals surface area contributed by atoms with Crippen molar-refractivity contribution in [1.29, 1.82) is 0 Å². The summed E-state index contributed by atoms with van der Waals surface area (Å²) in [5.74, 6) is -3.08. The highest BCUT2D eigenvalue weighted by atomic mass is 32.2. The van der Waals surface area contributed by atoms with Crippen molar-refractivity contribution >= 4 is 33.9 Å². The average molecular weight is 441 g/mol. The first-order valence-corrected chi connectivity index (χ1v) is 10.0. The van der Waals surface area contributed by atoms with E-state index in [1.807, 2.05) is 6.92 Å². The van der Waals surface area contributed by atoms with Gasteiger partial charge >= 0.3 is 11.9 Å². The number of benzene rings is 1. The molecule has 2 amide bonds. The molecule has 2 rings (SSSR count). The Morgan fingerprint density at radius 3 is 1.87 bits per heavy atom. The molecule has 0 radical (unpaired) electrons. The Kier molecular flexibility index (Phi) is 9.30. The number of carboxylic acid groups (broad SMARTS) is 2. The number of carbonyl (C=O) groups is 4. The Balaban J connectivity index is 0.000000346. The summed E-state index contributed by atoms with van der Waals surface area (Å²) in [4.78, 5) is 45.6. The molecule has 0 spiro atoms. The van der Waals surface area contributed by atoms with E-state index in [-0.39, 0.29) is 18.0 Å². The molecule has 0 unspecified atom stereocenters. The number of rotatable bonds is 9. The van der Waals surface area contributed by atoms with Crippen LogP contribution in [0, 0.1) is 6.92 Å². The maximum absolute atomic E-state index is 11.2. The van der Waals surface area contributed by atoms with Gasteiger partial charge in [-0.15, -0.1) is 0 Å². The van der Waals surface area contributed by atoms with Gasteiger partial charge in [0.05, 0.1) is 18.0 Å². The van der Waals surface area contributed by atoms with E-state index < -0.39 is 47.0 Å². The van der Waals surface area contributed by atoms with Crippen LogP contribution in [-0.4, -0.2) is 82.9 Å². The van der Waals surface area contributed by atoms with Crippen molar-refractivity contribution in [2.75, 3.05) is 26.2 Å². The van der Waals surface area contributed by atoms with E-state index in [1.54, 1.807) is 12.1 Å². The van der Waals surface area contributed by atoms with Crippen LogP contribution in [0.4, 0.5) is 0 Å². The second-order valence-electron chi connectivity index (χ2n) is 6.28. The SMILES string of the molecule is Cc1ccc(S(=O)(=O)[O-])cc1.O=C(O)CN(CCCN1C(=O)C=CC1=O)CC(=O)O. The normalized spacial score (nSPS) is 13.4. The predicted molar refractivity (Wildman–Crippen MR) is 101 cm³/mol. The van der Waals surface area contributed by atoms with Gasteiger partial charge in [0.25, 0.3) is 11.8 Å². The third-order valence-corrected chi connectivity index (χ3v) is 4.63. The molecule has 0 bridgehead atoms. The fraction of sp³-hybridized carbons (Fsp3) is 0.333. The highest BCUT2D eigenvalue weighted by Gasteiger charge is 2.23. The van der Waals surface area contributed by atoms with Crippen molar-refractivity contribution in [3.8, 4) is 0 Å². The summed E-state index contributed by atoms with van der Waals surface area (Å²) in [6.07, 6.45) is 2.64. The zero-order chi connectivity index (χ0) is 22.9. The number of carbonyl (C=O) groups excluding carboxylic acids is 2. The zero-order valence-corrected chi connectivity index (χ0v) is 16.9. The quantitative estimate of drug-likeness (QED) is 0.382. The van der Waals surface area contributed by atoms with Crippen LogP contribution < -0.4 is 0 Å². The summed E-state index contributed by atoms with van der Waals surface area (Å²) < 4.78 is 31.2. The maximum atomic E-state index is 11.2. The van der Waals surface area contributed by atoms with E-state index in [2.05, 4.69) is 0 Å². The third kappa shape index (κ3) is 8.94. The summed E-state index contributed by atoms with van der Waals surface area (Å²) in [6, 6.07) is 5.78.